The maximum atomic E-state index is 13.7. The molecule has 0 spiro atoms. The predicted molar refractivity (Wildman–Crippen MR) is 241 cm³/mol. The minimum Gasteiger partial charge on any atom is -0.465 e. The number of fused-ring (bicyclic) bond motifs is 5. The summed E-state index contributed by atoms with van der Waals surface area (Å²) < 4.78 is 11.0. The summed E-state index contributed by atoms with van der Waals surface area (Å²) in [5.41, 5.74) is 13.4. The molecule has 4 heteroatoms. The van der Waals surface area contributed by atoms with Crippen LogP contribution in [0.25, 0.3) is 76.1 Å². The Morgan fingerprint density at radius 3 is 1.53 bits per heavy atom. The van der Waals surface area contributed by atoms with Gasteiger partial charge in [0.2, 0.25) is 0 Å². The van der Waals surface area contributed by atoms with Crippen molar-refractivity contribution in [3.63, 3.8) is 0 Å². The van der Waals surface area contributed by atoms with Crippen LogP contribution in [0.5, 0.6) is 5.75 Å². The van der Waals surface area contributed by atoms with Crippen molar-refractivity contribution in [2.45, 2.75) is 48.5 Å². The van der Waals surface area contributed by atoms with E-state index in [1.54, 1.807) is 6.07 Å². The molecule has 284 valence electrons. The highest BCUT2D eigenvalue weighted by molar-refractivity contribution is 6.22. The van der Waals surface area contributed by atoms with Crippen molar-refractivity contribution < 1.29 is 19.1 Å². The van der Waals surface area contributed by atoms with Gasteiger partial charge in [-0.25, -0.2) is 9.59 Å². The number of aryl methyl sites for hydroxylation is 7. The van der Waals surface area contributed by atoms with Gasteiger partial charge in [0, 0.05) is 0 Å². The van der Waals surface area contributed by atoms with Crippen LogP contribution in [0.4, 0.5) is 0 Å². The first kappa shape index (κ1) is 36.8. The summed E-state index contributed by atoms with van der Waals surface area (Å²) in [6.07, 6.45) is 0. The molecule has 0 fully saturated rings. The fourth-order valence-corrected chi connectivity index (χ4v) is 8.96. The monoisotopic (exact) mass is 756 g/mol. The number of hydrogen-bond acceptors (Lipinski definition) is 4. The van der Waals surface area contributed by atoms with Crippen LogP contribution in [-0.4, -0.2) is 19.0 Å². The van der Waals surface area contributed by atoms with Gasteiger partial charge >= 0.3 is 11.9 Å². The van der Waals surface area contributed by atoms with Crippen LogP contribution in [-0.2, 0) is 4.74 Å². The number of carbonyl (C=O) groups excluding carboxylic acids is 2. The lowest BCUT2D eigenvalue weighted by Gasteiger charge is -2.20. The third-order valence-corrected chi connectivity index (χ3v) is 11.8. The zero-order valence-corrected chi connectivity index (χ0v) is 34.2. The van der Waals surface area contributed by atoms with Gasteiger partial charge in [-0.15, -0.1) is 0 Å². The molecule has 0 aliphatic heterocycles. The van der Waals surface area contributed by atoms with Crippen molar-refractivity contribution in [3.05, 3.63) is 171 Å². The van der Waals surface area contributed by atoms with Gasteiger partial charge < -0.3 is 9.47 Å². The van der Waals surface area contributed by atoms with Gasteiger partial charge in [0.05, 0.1) is 18.2 Å². The van der Waals surface area contributed by atoms with E-state index in [4.69, 9.17) is 9.47 Å². The zero-order chi connectivity index (χ0) is 40.6. The van der Waals surface area contributed by atoms with E-state index in [0.717, 1.165) is 43.8 Å². The first-order valence-electron chi connectivity index (χ1n) is 19.7. The molecule has 0 aliphatic rings. The minimum atomic E-state index is -0.430. The molecular weight excluding hydrogens is 713 g/mol. The molecular formula is C54H44O4. The molecule has 9 aromatic rings. The summed E-state index contributed by atoms with van der Waals surface area (Å²) in [7, 11) is 1.37. The average Bonchev–Trinajstić information content (AvgIpc) is 3.19. The number of methoxy groups -OCH3 is 1. The minimum absolute atomic E-state index is 0.390. The molecule has 0 heterocycles. The standard InChI is InChI=1S/C54H44O4/c1-29-10-16-44-48(19-29)51(43-15-9-30(2)20-49(43)52(44)39-14-12-37-18-31(3)17-32(4)45(37)25-39)38-13-11-36-28-50(35(7)23-40(36)24-38)58-54(56)42-22-34(6)46-26-41(53(55)57-8)21-33(5)47(46)27-42/h9-28H,1-8H3. The van der Waals surface area contributed by atoms with E-state index < -0.39 is 11.9 Å². The molecule has 0 saturated heterocycles. The molecule has 9 rings (SSSR count). The van der Waals surface area contributed by atoms with Crippen LogP contribution in [0, 0.1) is 48.5 Å². The summed E-state index contributed by atoms with van der Waals surface area (Å²) in [5, 5.41) is 11.3. The maximum Gasteiger partial charge on any atom is 0.343 e. The Labute approximate surface area is 338 Å². The van der Waals surface area contributed by atoms with E-state index in [1.807, 2.05) is 45.0 Å². The fourth-order valence-electron chi connectivity index (χ4n) is 8.96. The van der Waals surface area contributed by atoms with Crippen molar-refractivity contribution in [2.75, 3.05) is 7.11 Å². The second-order valence-corrected chi connectivity index (χ2v) is 16.1. The van der Waals surface area contributed by atoms with Crippen LogP contribution in [0.2, 0.25) is 0 Å². The highest BCUT2D eigenvalue weighted by Crippen LogP contribution is 2.46. The van der Waals surface area contributed by atoms with Gasteiger partial charge in [0.15, 0.2) is 0 Å². The lowest BCUT2D eigenvalue weighted by molar-refractivity contribution is 0.0600. The summed E-state index contributed by atoms with van der Waals surface area (Å²) in [4.78, 5) is 26.0. The maximum absolute atomic E-state index is 13.7. The topological polar surface area (TPSA) is 52.6 Å². The molecule has 0 aliphatic carbocycles. The van der Waals surface area contributed by atoms with E-state index >= 15 is 0 Å². The highest BCUT2D eigenvalue weighted by atomic mass is 16.5. The van der Waals surface area contributed by atoms with Crippen LogP contribution >= 0.6 is 0 Å². The third kappa shape index (κ3) is 6.26. The van der Waals surface area contributed by atoms with Crippen LogP contribution in [0.15, 0.2) is 121 Å². The second-order valence-electron chi connectivity index (χ2n) is 16.1. The Balaban J connectivity index is 1.14. The van der Waals surface area contributed by atoms with Crippen molar-refractivity contribution in [1.29, 1.82) is 0 Å². The summed E-state index contributed by atoms with van der Waals surface area (Å²) in [6, 6.07) is 43.1. The van der Waals surface area contributed by atoms with Gasteiger partial charge in [-0.3, -0.25) is 0 Å². The van der Waals surface area contributed by atoms with Crippen LogP contribution in [0.1, 0.15) is 59.7 Å². The van der Waals surface area contributed by atoms with Gasteiger partial charge in [-0.1, -0.05) is 89.5 Å². The van der Waals surface area contributed by atoms with Gasteiger partial charge in [-0.2, -0.15) is 0 Å². The third-order valence-electron chi connectivity index (χ3n) is 11.8. The summed E-state index contributed by atoms with van der Waals surface area (Å²) in [5.74, 6) is -0.299. The van der Waals surface area contributed by atoms with Gasteiger partial charge in [0.25, 0.3) is 0 Å². The molecule has 0 radical (unpaired) electrons. The van der Waals surface area contributed by atoms with Gasteiger partial charge in [0.1, 0.15) is 5.75 Å². The number of esters is 2. The molecule has 9 aromatic carbocycles. The van der Waals surface area contributed by atoms with E-state index in [0.29, 0.717) is 16.9 Å². The zero-order valence-electron chi connectivity index (χ0n) is 34.2. The largest absolute Gasteiger partial charge is 0.465 e. The lowest BCUT2D eigenvalue weighted by Crippen LogP contribution is -2.10. The van der Waals surface area contributed by atoms with Gasteiger partial charge in [-0.05, 0) is 195 Å². The Kier molecular flexibility index (Phi) is 8.89. The van der Waals surface area contributed by atoms with E-state index in [2.05, 4.69) is 119 Å². The second kappa shape index (κ2) is 14.0. The normalized spacial score (nSPS) is 11.6. The lowest BCUT2D eigenvalue weighted by atomic mass is 9.84. The van der Waals surface area contributed by atoms with Crippen LogP contribution < -0.4 is 4.74 Å². The van der Waals surface area contributed by atoms with E-state index in [1.165, 1.54) is 78.4 Å². The van der Waals surface area contributed by atoms with Crippen molar-refractivity contribution in [3.8, 4) is 28.0 Å². The molecule has 0 N–H and O–H groups in total. The summed E-state index contributed by atoms with van der Waals surface area (Å²) in [6.45, 7) is 14.6. The molecule has 4 nitrogen and oxygen atoms in total. The molecule has 0 bridgehead atoms. The molecule has 0 aromatic heterocycles. The Morgan fingerprint density at radius 1 is 0.379 bits per heavy atom. The Morgan fingerprint density at radius 2 is 0.931 bits per heavy atom. The van der Waals surface area contributed by atoms with Crippen molar-refractivity contribution in [1.82, 2.24) is 0 Å². The smallest absolute Gasteiger partial charge is 0.343 e. The quantitative estimate of drug-likeness (QED) is 0.0997. The average molecular weight is 757 g/mol. The van der Waals surface area contributed by atoms with Crippen LogP contribution in [0.3, 0.4) is 0 Å². The van der Waals surface area contributed by atoms with Crippen molar-refractivity contribution >= 4 is 65.8 Å². The first-order valence-corrected chi connectivity index (χ1v) is 19.7. The number of rotatable bonds is 5. The van der Waals surface area contributed by atoms with Crippen molar-refractivity contribution in [2.24, 2.45) is 0 Å². The highest BCUT2D eigenvalue weighted by Gasteiger charge is 2.20. The number of carbonyl (C=O) groups is 2. The first-order chi connectivity index (χ1) is 27.9. The number of benzene rings is 9. The Hall–Kier alpha value is -6.78. The summed E-state index contributed by atoms with van der Waals surface area (Å²) >= 11 is 0. The molecule has 0 saturated carbocycles. The molecule has 0 amide bonds. The number of ether oxygens (including phenoxy) is 2. The predicted octanol–water partition coefficient (Wildman–Crippen LogP) is 14.0. The molecule has 0 unspecified atom stereocenters. The van der Waals surface area contributed by atoms with E-state index in [-0.39, 0.29) is 0 Å². The molecule has 58 heavy (non-hydrogen) atoms. The fraction of sp³-hybridized carbons (Fsp3) is 0.148. The van der Waals surface area contributed by atoms with E-state index in [9.17, 15) is 9.59 Å². The Bertz CT molecular complexity index is 3240. The molecule has 0 atom stereocenters. The SMILES string of the molecule is COC(=O)c1cc(C)c2cc(C(=O)Oc3cc4ccc(-c5c6ccc(C)cc6c(-c6ccc7cc(C)cc(C)c7c6)c6ccc(C)cc56)cc4cc3C)cc(C)c2c1. The number of hydrogen-bond donors (Lipinski definition) is 0.